The standard InChI is InChI=1S/C19H25NO2/c1-3-4-5-6-11-20-19(21)13-15-7-8-17-14-18(22-2)10-9-16(17)12-15/h7-10,12,14H,3-6,11,13H2,1-2H3,(H,20,21). The minimum atomic E-state index is 0.101. The third kappa shape index (κ3) is 4.76. The molecule has 1 N–H and O–H groups in total. The van der Waals surface area contributed by atoms with Crippen LogP contribution in [0.1, 0.15) is 38.2 Å². The van der Waals surface area contributed by atoms with E-state index < -0.39 is 0 Å². The molecule has 0 saturated heterocycles. The highest BCUT2D eigenvalue weighted by Crippen LogP contribution is 2.22. The summed E-state index contributed by atoms with van der Waals surface area (Å²) in [5, 5.41) is 5.26. The first-order chi connectivity index (χ1) is 10.7. The molecule has 2 rings (SSSR count). The molecule has 0 fully saturated rings. The monoisotopic (exact) mass is 299 g/mol. The van der Waals surface area contributed by atoms with Gasteiger partial charge in [-0.1, -0.05) is 50.5 Å². The van der Waals surface area contributed by atoms with Crippen molar-refractivity contribution in [3.05, 3.63) is 42.0 Å². The molecule has 2 aromatic rings. The van der Waals surface area contributed by atoms with Crippen LogP contribution in [0.4, 0.5) is 0 Å². The number of amides is 1. The Morgan fingerprint density at radius 1 is 1.05 bits per heavy atom. The molecule has 0 saturated carbocycles. The Balaban J connectivity index is 1.89. The van der Waals surface area contributed by atoms with E-state index in [-0.39, 0.29) is 5.91 Å². The lowest BCUT2D eigenvalue weighted by Gasteiger charge is -2.07. The molecule has 118 valence electrons. The number of rotatable bonds is 8. The molecule has 1 amide bonds. The van der Waals surface area contributed by atoms with Gasteiger partial charge in [0.25, 0.3) is 0 Å². The summed E-state index contributed by atoms with van der Waals surface area (Å²) in [5.41, 5.74) is 1.05. The Morgan fingerprint density at radius 3 is 2.59 bits per heavy atom. The van der Waals surface area contributed by atoms with Crippen LogP contribution < -0.4 is 10.1 Å². The van der Waals surface area contributed by atoms with Crippen molar-refractivity contribution in [1.82, 2.24) is 5.32 Å². The van der Waals surface area contributed by atoms with Gasteiger partial charge in [0.2, 0.25) is 5.91 Å². The predicted octanol–water partition coefficient (Wildman–Crippen LogP) is 4.09. The van der Waals surface area contributed by atoms with E-state index in [1.165, 1.54) is 19.3 Å². The zero-order valence-corrected chi connectivity index (χ0v) is 13.5. The summed E-state index contributed by atoms with van der Waals surface area (Å²) in [6, 6.07) is 12.1. The molecule has 0 atom stereocenters. The van der Waals surface area contributed by atoms with E-state index in [4.69, 9.17) is 4.74 Å². The van der Waals surface area contributed by atoms with E-state index in [9.17, 15) is 4.79 Å². The number of nitrogens with one attached hydrogen (secondary N) is 1. The molecular formula is C19H25NO2. The molecule has 3 nitrogen and oxygen atoms in total. The summed E-state index contributed by atoms with van der Waals surface area (Å²) >= 11 is 0. The van der Waals surface area contributed by atoms with Gasteiger partial charge in [0.05, 0.1) is 13.5 Å². The van der Waals surface area contributed by atoms with E-state index in [0.717, 1.165) is 35.1 Å². The predicted molar refractivity (Wildman–Crippen MR) is 91.4 cm³/mol. The maximum atomic E-state index is 12.0. The van der Waals surface area contributed by atoms with Crippen LogP contribution in [0.15, 0.2) is 36.4 Å². The lowest BCUT2D eigenvalue weighted by molar-refractivity contribution is -0.120. The third-order valence-electron chi connectivity index (χ3n) is 3.83. The van der Waals surface area contributed by atoms with Gasteiger partial charge in [-0.25, -0.2) is 0 Å². The van der Waals surface area contributed by atoms with Gasteiger partial charge in [-0.3, -0.25) is 4.79 Å². The Morgan fingerprint density at radius 2 is 1.82 bits per heavy atom. The SMILES string of the molecule is CCCCCCNC(=O)Cc1ccc2cc(OC)ccc2c1. The van der Waals surface area contributed by atoms with Crippen molar-refractivity contribution in [3.8, 4) is 5.75 Å². The number of ether oxygens (including phenoxy) is 1. The molecule has 0 aromatic heterocycles. The molecule has 0 heterocycles. The van der Waals surface area contributed by atoms with Gasteiger partial charge in [-0.15, -0.1) is 0 Å². The summed E-state index contributed by atoms with van der Waals surface area (Å²) < 4.78 is 5.23. The quantitative estimate of drug-likeness (QED) is 0.746. The lowest BCUT2D eigenvalue weighted by Crippen LogP contribution is -2.26. The molecule has 22 heavy (non-hydrogen) atoms. The van der Waals surface area contributed by atoms with Crippen LogP contribution in [0, 0.1) is 0 Å². The highest BCUT2D eigenvalue weighted by atomic mass is 16.5. The molecule has 0 bridgehead atoms. The van der Waals surface area contributed by atoms with Crippen LogP contribution in [0.2, 0.25) is 0 Å². The second kappa shape index (κ2) is 8.42. The molecule has 3 heteroatoms. The maximum Gasteiger partial charge on any atom is 0.224 e. The van der Waals surface area contributed by atoms with Crippen LogP contribution in [-0.4, -0.2) is 19.6 Å². The summed E-state index contributed by atoms with van der Waals surface area (Å²) in [6.45, 7) is 2.97. The molecule has 0 aliphatic rings. The smallest absolute Gasteiger partial charge is 0.224 e. The highest BCUT2D eigenvalue weighted by Gasteiger charge is 2.04. The first-order valence-electron chi connectivity index (χ1n) is 8.06. The lowest BCUT2D eigenvalue weighted by atomic mass is 10.0. The van der Waals surface area contributed by atoms with Gasteiger partial charge in [0.15, 0.2) is 0 Å². The van der Waals surface area contributed by atoms with Crippen LogP contribution in [0.3, 0.4) is 0 Å². The second-order valence-electron chi connectivity index (χ2n) is 5.63. The van der Waals surface area contributed by atoms with Gasteiger partial charge in [0.1, 0.15) is 5.75 Å². The molecule has 0 aliphatic heterocycles. The van der Waals surface area contributed by atoms with E-state index in [1.54, 1.807) is 7.11 Å². The van der Waals surface area contributed by atoms with Crippen LogP contribution in [0.5, 0.6) is 5.75 Å². The van der Waals surface area contributed by atoms with Gasteiger partial charge in [-0.05, 0) is 34.9 Å². The Kier molecular flexibility index (Phi) is 6.26. The van der Waals surface area contributed by atoms with Crippen molar-refractivity contribution in [2.45, 2.75) is 39.0 Å². The van der Waals surface area contributed by atoms with Gasteiger partial charge in [-0.2, -0.15) is 0 Å². The Hall–Kier alpha value is -2.03. The number of hydrogen-bond acceptors (Lipinski definition) is 2. The van der Waals surface area contributed by atoms with Gasteiger partial charge in [0, 0.05) is 6.54 Å². The number of carbonyl (C=O) groups excluding carboxylic acids is 1. The number of unbranched alkanes of at least 4 members (excludes halogenated alkanes) is 3. The molecular weight excluding hydrogens is 274 g/mol. The number of hydrogen-bond donors (Lipinski definition) is 1. The van der Waals surface area contributed by atoms with Crippen molar-refractivity contribution in [2.24, 2.45) is 0 Å². The molecule has 0 spiro atoms. The van der Waals surface area contributed by atoms with Crippen molar-refractivity contribution in [1.29, 1.82) is 0 Å². The highest BCUT2D eigenvalue weighted by molar-refractivity contribution is 5.86. The van der Waals surface area contributed by atoms with Gasteiger partial charge < -0.3 is 10.1 Å². The van der Waals surface area contributed by atoms with E-state index >= 15 is 0 Å². The minimum absolute atomic E-state index is 0.101. The summed E-state index contributed by atoms with van der Waals surface area (Å²) in [6.07, 6.45) is 5.15. The number of fused-ring (bicyclic) bond motifs is 1. The fourth-order valence-electron chi connectivity index (χ4n) is 2.54. The summed E-state index contributed by atoms with van der Waals surface area (Å²) in [5.74, 6) is 0.953. The average molecular weight is 299 g/mol. The average Bonchev–Trinajstić information content (AvgIpc) is 2.54. The van der Waals surface area contributed by atoms with Crippen molar-refractivity contribution < 1.29 is 9.53 Å². The first-order valence-corrected chi connectivity index (χ1v) is 8.06. The number of benzene rings is 2. The summed E-state index contributed by atoms with van der Waals surface area (Å²) in [4.78, 5) is 12.0. The molecule has 2 aromatic carbocycles. The van der Waals surface area contributed by atoms with Crippen molar-refractivity contribution in [3.63, 3.8) is 0 Å². The topological polar surface area (TPSA) is 38.3 Å². The number of methoxy groups -OCH3 is 1. The zero-order chi connectivity index (χ0) is 15.8. The Labute approximate surface area is 132 Å². The van der Waals surface area contributed by atoms with E-state index in [2.05, 4.69) is 18.3 Å². The van der Waals surface area contributed by atoms with Crippen LogP contribution in [0.25, 0.3) is 10.8 Å². The van der Waals surface area contributed by atoms with Crippen molar-refractivity contribution >= 4 is 16.7 Å². The summed E-state index contributed by atoms with van der Waals surface area (Å²) in [7, 11) is 1.67. The largest absolute Gasteiger partial charge is 0.497 e. The second-order valence-corrected chi connectivity index (χ2v) is 5.63. The molecule has 0 aliphatic carbocycles. The van der Waals surface area contributed by atoms with E-state index in [0.29, 0.717) is 6.42 Å². The minimum Gasteiger partial charge on any atom is -0.497 e. The van der Waals surface area contributed by atoms with E-state index in [1.807, 2.05) is 30.3 Å². The Bertz CT molecular complexity index is 622. The normalized spacial score (nSPS) is 10.6. The fraction of sp³-hybridized carbons (Fsp3) is 0.421. The van der Waals surface area contributed by atoms with Crippen LogP contribution in [-0.2, 0) is 11.2 Å². The first kappa shape index (κ1) is 16.3. The number of carbonyl (C=O) groups is 1. The van der Waals surface area contributed by atoms with Crippen molar-refractivity contribution in [2.75, 3.05) is 13.7 Å². The molecule has 0 radical (unpaired) electrons. The van der Waals surface area contributed by atoms with Crippen LogP contribution >= 0.6 is 0 Å². The maximum absolute atomic E-state index is 12.0. The fourth-order valence-corrected chi connectivity index (χ4v) is 2.54. The van der Waals surface area contributed by atoms with Gasteiger partial charge >= 0.3 is 0 Å². The third-order valence-corrected chi connectivity index (χ3v) is 3.83. The molecule has 0 unspecified atom stereocenters. The zero-order valence-electron chi connectivity index (χ0n) is 13.5.